The summed E-state index contributed by atoms with van der Waals surface area (Å²) < 4.78 is 0. The molecule has 1 nitrogen and oxygen atoms in total. The van der Waals surface area contributed by atoms with Crippen molar-refractivity contribution in [3.05, 3.63) is 41.0 Å². The van der Waals surface area contributed by atoms with Crippen LogP contribution < -0.4 is 5.32 Å². The van der Waals surface area contributed by atoms with Crippen molar-refractivity contribution in [3.8, 4) is 0 Å². The van der Waals surface area contributed by atoms with Crippen molar-refractivity contribution in [2.24, 2.45) is 0 Å². The Labute approximate surface area is 79.5 Å². The van der Waals surface area contributed by atoms with Crippen molar-refractivity contribution in [2.45, 2.75) is 12.8 Å². The molecule has 2 rings (SSSR count). The molecule has 1 aromatic rings. The molecular formula is C12H15N. The predicted octanol–water partition coefficient (Wildman–Crippen LogP) is 2.41. The molecule has 0 amide bonds. The molecule has 0 heterocycles. The summed E-state index contributed by atoms with van der Waals surface area (Å²) in [5, 5.41) is 3.21. The SMILES string of the molecule is CNCC1=Cc2ccccc2C1C. The molecule has 1 unspecified atom stereocenters. The van der Waals surface area contributed by atoms with Crippen molar-refractivity contribution in [2.75, 3.05) is 13.6 Å². The van der Waals surface area contributed by atoms with Crippen LogP contribution in [0.4, 0.5) is 0 Å². The Balaban J connectivity index is 2.33. The zero-order valence-corrected chi connectivity index (χ0v) is 8.17. The van der Waals surface area contributed by atoms with Gasteiger partial charge in [-0.15, -0.1) is 0 Å². The quantitative estimate of drug-likeness (QED) is 0.724. The monoisotopic (exact) mass is 173 g/mol. The summed E-state index contributed by atoms with van der Waals surface area (Å²) in [5.74, 6) is 0.587. The zero-order valence-electron chi connectivity index (χ0n) is 8.17. The summed E-state index contributed by atoms with van der Waals surface area (Å²) >= 11 is 0. The van der Waals surface area contributed by atoms with Gasteiger partial charge in [0.15, 0.2) is 0 Å². The van der Waals surface area contributed by atoms with Crippen molar-refractivity contribution < 1.29 is 0 Å². The number of hydrogen-bond acceptors (Lipinski definition) is 1. The van der Waals surface area contributed by atoms with Gasteiger partial charge in [0.1, 0.15) is 0 Å². The first-order valence-electron chi connectivity index (χ1n) is 4.77. The van der Waals surface area contributed by atoms with Crippen LogP contribution in [0.2, 0.25) is 0 Å². The van der Waals surface area contributed by atoms with E-state index in [0.29, 0.717) is 5.92 Å². The average molecular weight is 173 g/mol. The van der Waals surface area contributed by atoms with Crippen LogP contribution in [0.15, 0.2) is 29.8 Å². The topological polar surface area (TPSA) is 12.0 Å². The zero-order chi connectivity index (χ0) is 9.26. The molecule has 0 aliphatic heterocycles. The third-order valence-corrected chi connectivity index (χ3v) is 2.74. The largest absolute Gasteiger partial charge is 0.316 e. The molecule has 0 saturated heterocycles. The van der Waals surface area contributed by atoms with Crippen LogP contribution in [0.25, 0.3) is 6.08 Å². The minimum absolute atomic E-state index is 0.587. The third-order valence-electron chi connectivity index (χ3n) is 2.74. The summed E-state index contributed by atoms with van der Waals surface area (Å²) in [4.78, 5) is 0. The van der Waals surface area contributed by atoms with E-state index in [-0.39, 0.29) is 0 Å². The Kier molecular flexibility index (Phi) is 2.19. The Morgan fingerprint density at radius 1 is 1.31 bits per heavy atom. The van der Waals surface area contributed by atoms with Gasteiger partial charge in [-0.05, 0) is 23.7 Å². The molecule has 1 aromatic carbocycles. The van der Waals surface area contributed by atoms with E-state index >= 15 is 0 Å². The van der Waals surface area contributed by atoms with E-state index in [2.05, 4.69) is 42.6 Å². The normalized spacial score (nSPS) is 19.8. The smallest absolute Gasteiger partial charge is 0.0170 e. The van der Waals surface area contributed by atoms with Gasteiger partial charge in [0.25, 0.3) is 0 Å². The minimum Gasteiger partial charge on any atom is -0.316 e. The van der Waals surface area contributed by atoms with Crippen LogP contribution >= 0.6 is 0 Å². The Hall–Kier alpha value is -1.08. The van der Waals surface area contributed by atoms with Gasteiger partial charge in [0.05, 0.1) is 0 Å². The first kappa shape index (κ1) is 8.52. The molecule has 1 heteroatoms. The van der Waals surface area contributed by atoms with E-state index in [1.807, 2.05) is 7.05 Å². The second-order valence-corrected chi connectivity index (χ2v) is 3.60. The molecule has 1 aliphatic carbocycles. The van der Waals surface area contributed by atoms with Crippen molar-refractivity contribution in [3.63, 3.8) is 0 Å². The van der Waals surface area contributed by atoms with Gasteiger partial charge in [0.2, 0.25) is 0 Å². The molecule has 0 bridgehead atoms. The predicted molar refractivity (Wildman–Crippen MR) is 56.8 cm³/mol. The first-order chi connectivity index (χ1) is 6.33. The molecule has 1 atom stereocenters. The van der Waals surface area contributed by atoms with Gasteiger partial charge in [-0.1, -0.05) is 37.3 Å². The highest BCUT2D eigenvalue weighted by molar-refractivity contribution is 5.66. The third kappa shape index (κ3) is 1.40. The molecule has 0 spiro atoms. The average Bonchev–Trinajstić information content (AvgIpc) is 2.46. The highest BCUT2D eigenvalue weighted by Crippen LogP contribution is 2.34. The highest BCUT2D eigenvalue weighted by atomic mass is 14.8. The Morgan fingerprint density at radius 3 is 2.77 bits per heavy atom. The number of nitrogens with one attached hydrogen (secondary N) is 1. The number of rotatable bonds is 2. The fraction of sp³-hybridized carbons (Fsp3) is 0.333. The molecule has 0 radical (unpaired) electrons. The van der Waals surface area contributed by atoms with Crippen LogP contribution in [0.5, 0.6) is 0 Å². The van der Waals surface area contributed by atoms with E-state index in [0.717, 1.165) is 6.54 Å². The van der Waals surface area contributed by atoms with E-state index < -0.39 is 0 Å². The molecule has 1 aliphatic rings. The summed E-state index contributed by atoms with van der Waals surface area (Å²) in [6, 6.07) is 8.63. The minimum atomic E-state index is 0.587. The van der Waals surface area contributed by atoms with Crippen LogP contribution in [-0.2, 0) is 0 Å². The lowest BCUT2D eigenvalue weighted by Gasteiger charge is -2.09. The van der Waals surface area contributed by atoms with Crippen molar-refractivity contribution in [1.82, 2.24) is 5.32 Å². The summed E-state index contributed by atoms with van der Waals surface area (Å²) in [5.41, 5.74) is 4.34. The maximum absolute atomic E-state index is 3.21. The van der Waals surface area contributed by atoms with Gasteiger partial charge in [-0.3, -0.25) is 0 Å². The van der Waals surface area contributed by atoms with Crippen LogP contribution in [0.3, 0.4) is 0 Å². The maximum Gasteiger partial charge on any atom is 0.0170 e. The fourth-order valence-electron chi connectivity index (χ4n) is 1.97. The molecular weight excluding hydrogens is 158 g/mol. The van der Waals surface area contributed by atoms with Gasteiger partial charge in [-0.25, -0.2) is 0 Å². The van der Waals surface area contributed by atoms with Crippen LogP contribution in [-0.4, -0.2) is 13.6 Å². The maximum atomic E-state index is 3.21. The summed E-state index contributed by atoms with van der Waals surface area (Å²) in [6.45, 7) is 3.27. The van der Waals surface area contributed by atoms with Crippen molar-refractivity contribution >= 4 is 6.08 Å². The Bertz CT molecular complexity index is 339. The summed E-state index contributed by atoms with van der Waals surface area (Å²) in [7, 11) is 2.00. The van der Waals surface area contributed by atoms with Gasteiger partial charge < -0.3 is 5.32 Å². The van der Waals surface area contributed by atoms with E-state index in [4.69, 9.17) is 0 Å². The van der Waals surface area contributed by atoms with E-state index in [1.54, 1.807) is 0 Å². The first-order valence-corrected chi connectivity index (χ1v) is 4.77. The van der Waals surface area contributed by atoms with Crippen LogP contribution in [0.1, 0.15) is 24.0 Å². The number of fused-ring (bicyclic) bond motifs is 1. The van der Waals surface area contributed by atoms with Crippen LogP contribution in [0, 0.1) is 0 Å². The molecule has 0 fully saturated rings. The summed E-state index contributed by atoms with van der Waals surface area (Å²) in [6.07, 6.45) is 2.30. The fourth-order valence-corrected chi connectivity index (χ4v) is 1.97. The van der Waals surface area contributed by atoms with E-state index in [1.165, 1.54) is 16.7 Å². The van der Waals surface area contributed by atoms with E-state index in [9.17, 15) is 0 Å². The number of hydrogen-bond donors (Lipinski definition) is 1. The van der Waals surface area contributed by atoms with Crippen molar-refractivity contribution in [1.29, 1.82) is 0 Å². The molecule has 68 valence electrons. The van der Waals surface area contributed by atoms with Gasteiger partial charge in [-0.2, -0.15) is 0 Å². The lowest BCUT2D eigenvalue weighted by Crippen LogP contribution is -2.12. The van der Waals surface area contributed by atoms with Gasteiger partial charge >= 0.3 is 0 Å². The molecule has 0 saturated carbocycles. The molecule has 0 aromatic heterocycles. The second kappa shape index (κ2) is 3.35. The molecule has 1 N–H and O–H groups in total. The van der Waals surface area contributed by atoms with Gasteiger partial charge in [0, 0.05) is 12.5 Å². The molecule has 13 heavy (non-hydrogen) atoms. The lowest BCUT2D eigenvalue weighted by atomic mass is 9.98. The lowest BCUT2D eigenvalue weighted by molar-refractivity contribution is 0.800. The highest BCUT2D eigenvalue weighted by Gasteiger charge is 2.19. The number of likely N-dealkylation sites (N-methyl/N-ethyl adjacent to an activating group) is 1. The standard InChI is InChI=1S/C12H15N/c1-9-11(8-13-2)7-10-5-3-4-6-12(9)10/h3-7,9,13H,8H2,1-2H3. The Morgan fingerprint density at radius 2 is 2.08 bits per heavy atom. The number of benzene rings is 1. The second-order valence-electron chi connectivity index (χ2n) is 3.60.